The Morgan fingerprint density at radius 2 is 2.23 bits per heavy atom. The van der Waals surface area contributed by atoms with Crippen molar-refractivity contribution < 1.29 is 9.72 Å². The number of hydrogen-bond donors (Lipinski definition) is 1. The van der Waals surface area contributed by atoms with Gasteiger partial charge in [-0.1, -0.05) is 22.6 Å². The Morgan fingerprint density at radius 1 is 1.36 bits per heavy atom. The molecule has 0 radical (unpaired) electrons. The van der Waals surface area contributed by atoms with E-state index in [9.17, 15) is 14.9 Å². The van der Waals surface area contributed by atoms with Crippen LogP contribution in [0.25, 0.3) is 5.69 Å². The summed E-state index contributed by atoms with van der Waals surface area (Å²) < 4.78 is 1.28. The number of hydrogen-bond acceptors (Lipinski definition) is 8. The third-order valence-corrected chi connectivity index (χ3v) is 3.22. The van der Waals surface area contributed by atoms with Crippen LogP contribution in [0, 0.1) is 10.1 Å². The van der Waals surface area contributed by atoms with E-state index in [0.29, 0.717) is 10.8 Å². The van der Waals surface area contributed by atoms with Crippen LogP contribution in [-0.4, -0.2) is 36.0 Å². The maximum atomic E-state index is 11.9. The van der Waals surface area contributed by atoms with Crippen LogP contribution in [0.1, 0.15) is 10.5 Å². The summed E-state index contributed by atoms with van der Waals surface area (Å²) >= 11 is 1.17. The highest BCUT2D eigenvalue weighted by Gasteiger charge is 2.14. The minimum absolute atomic E-state index is 0.0571. The van der Waals surface area contributed by atoms with Gasteiger partial charge in [0.1, 0.15) is 5.51 Å². The molecule has 11 heteroatoms. The summed E-state index contributed by atoms with van der Waals surface area (Å²) in [4.78, 5) is 22.2. The Labute approximate surface area is 126 Å². The van der Waals surface area contributed by atoms with Gasteiger partial charge < -0.3 is 0 Å². The molecule has 0 bridgehead atoms. The van der Waals surface area contributed by atoms with E-state index < -0.39 is 10.8 Å². The molecule has 1 aromatic carbocycles. The molecule has 0 spiro atoms. The predicted molar refractivity (Wildman–Crippen MR) is 75.9 cm³/mol. The Bertz CT molecular complexity index is 830. The van der Waals surface area contributed by atoms with E-state index >= 15 is 0 Å². The molecular formula is C11H7N7O3S. The lowest BCUT2D eigenvalue weighted by Gasteiger charge is -1.99. The van der Waals surface area contributed by atoms with Crippen molar-refractivity contribution in [2.45, 2.75) is 0 Å². The average Bonchev–Trinajstić information content (AvgIpc) is 3.18. The van der Waals surface area contributed by atoms with Gasteiger partial charge in [0, 0.05) is 12.1 Å². The smallest absolute Gasteiger partial charge is 0.279 e. The zero-order valence-corrected chi connectivity index (χ0v) is 11.6. The molecule has 0 aliphatic carbocycles. The minimum Gasteiger partial charge on any atom is -0.295 e. The molecule has 1 amide bonds. The summed E-state index contributed by atoms with van der Waals surface area (Å²) in [6, 6.07) is 5.84. The van der Waals surface area contributed by atoms with Gasteiger partial charge in [-0.2, -0.15) is 0 Å². The normalized spacial score (nSPS) is 10.4. The lowest BCUT2D eigenvalue weighted by molar-refractivity contribution is -0.384. The molecular weight excluding hydrogens is 310 g/mol. The predicted octanol–water partition coefficient (Wildman–Crippen LogP) is 1.28. The summed E-state index contributed by atoms with van der Waals surface area (Å²) in [5.74, 6) is -0.492. The van der Waals surface area contributed by atoms with Crippen molar-refractivity contribution in [1.29, 1.82) is 0 Å². The van der Waals surface area contributed by atoms with Crippen molar-refractivity contribution in [2.75, 3.05) is 5.32 Å². The largest absolute Gasteiger partial charge is 0.295 e. The van der Waals surface area contributed by atoms with Crippen LogP contribution in [0.2, 0.25) is 0 Å². The lowest BCUT2D eigenvalue weighted by Crippen LogP contribution is -2.12. The highest BCUT2D eigenvalue weighted by Crippen LogP contribution is 2.16. The van der Waals surface area contributed by atoms with E-state index in [1.807, 2.05) is 0 Å². The van der Waals surface area contributed by atoms with Gasteiger partial charge in [0.05, 0.1) is 16.8 Å². The molecule has 22 heavy (non-hydrogen) atoms. The van der Waals surface area contributed by atoms with E-state index in [-0.39, 0.29) is 11.4 Å². The third kappa shape index (κ3) is 2.78. The Kier molecular flexibility index (Phi) is 3.53. The lowest BCUT2D eigenvalue weighted by atomic mass is 10.3. The molecule has 3 rings (SSSR count). The van der Waals surface area contributed by atoms with E-state index in [1.54, 1.807) is 6.07 Å². The number of nitro benzene ring substituents is 1. The van der Waals surface area contributed by atoms with Gasteiger partial charge in [-0.05, 0) is 6.07 Å². The first-order valence-electron chi connectivity index (χ1n) is 5.88. The summed E-state index contributed by atoms with van der Waals surface area (Å²) in [6.45, 7) is 0. The SMILES string of the molecule is O=C(Nc1nncs1)c1cn(-c2cccc([N+](=O)[O-])c2)nn1. The Morgan fingerprint density at radius 3 is 2.95 bits per heavy atom. The second-order valence-electron chi connectivity index (χ2n) is 4.02. The summed E-state index contributed by atoms with van der Waals surface area (Å²) in [5, 5.41) is 28.4. The van der Waals surface area contributed by atoms with Crippen molar-refractivity contribution in [3.05, 3.63) is 51.8 Å². The van der Waals surface area contributed by atoms with E-state index in [2.05, 4.69) is 25.8 Å². The van der Waals surface area contributed by atoms with Crippen molar-refractivity contribution in [1.82, 2.24) is 25.2 Å². The number of non-ortho nitro benzene ring substituents is 1. The van der Waals surface area contributed by atoms with E-state index in [0.717, 1.165) is 0 Å². The fraction of sp³-hybridized carbons (Fsp3) is 0. The highest BCUT2D eigenvalue weighted by atomic mass is 32.1. The van der Waals surface area contributed by atoms with E-state index in [4.69, 9.17) is 0 Å². The molecule has 110 valence electrons. The molecule has 3 aromatic rings. The second-order valence-corrected chi connectivity index (χ2v) is 4.86. The number of carbonyl (C=O) groups excluding carboxylic acids is 1. The van der Waals surface area contributed by atoms with Gasteiger partial charge in [0.25, 0.3) is 11.6 Å². The molecule has 0 saturated heterocycles. The number of aromatic nitrogens is 5. The molecule has 0 atom stereocenters. The van der Waals surface area contributed by atoms with Gasteiger partial charge in [0.2, 0.25) is 5.13 Å². The van der Waals surface area contributed by atoms with Crippen molar-refractivity contribution in [2.24, 2.45) is 0 Å². The Hall–Kier alpha value is -3.21. The minimum atomic E-state index is -0.510. The monoisotopic (exact) mass is 317 g/mol. The van der Waals surface area contributed by atoms with E-state index in [1.165, 1.54) is 45.9 Å². The first-order valence-corrected chi connectivity index (χ1v) is 6.76. The molecule has 0 unspecified atom stereocenters. The van der Waals surface area contributed by atoms with Gasteiger partial charge >= 0.3 is 0 Å². The molecule has 2 aromatic heterocycles. The van der Waals surface area contributed by atoms with Crippen LogP contribution in [0.4, 0.5) is 10.8 Å². The second kappa shape index (κ2) is 5.65. The van der Waals surface area contributed by atoms with Gasteiger partial charge in [-0.25, -0.2) is 4.68 Å². The average molecular weight is 317 g/mol. The number of nitrogens with zero attached hydrogens (tertiary/aromatic N) is 6. The molecule has 0 aliphatic heterocycles. The fourth-order valence-electron chi connectivity index (χ4n) is 1.63. The standard InChI is InChI=1S/C11H7N7O3S/c19-10(13-11-15-12-6-22-11)9-5-17(16-14-9)7-2-1-3-8(4-7)18(20)21/h1-6H,(H,13,15,19). The zero-order chi connectivity index (χ0) is 15.5. The van der Waals surface area contributed by atoms with Crippen LogP contribution in [0.15, 0.2) is 36.0 Å². The van der Waals surface area contributed by atoms with Crippen LogP contribution >= 0.6 is 11.3 Å². The highest BCUT2D eigenvalue weighted by molar-refractivity contribution is 7.13. The van der Waals surface area contributed by atoms with Crippen LogP contribution in [0.3, 0.4) is 0 Å². The molecule has 0 aliphatic rings. The number of nitrogens with one attached hydrogen (secondary N) is 1. The van der Waals surface area contributed by atoms with Crippen molar-refractivity contribution in [3.8, 4) is 5.69 Å². The Balaban J connectivity index is 1.83. The molecule has 0 fully saturated rings. The zero-order valence-electron chi connectivity index (χ0n) is 10.8. The van der Waals surface area contributed by atoms with Gasteiger partial charge in [-0.15, -0.1) is 15.3 Å². The number of benzene rings is 1. The maximum absolute atomic E-state index is 11.9. The molecule has 1 N–H and O–H groups in total. The van der Waals surface area contributed by atoms with Crippen LogP contribution in [-0.2, 0) is 0 Å². The first kappa shape index (κ1) is 13.8. The number of carbonyl (C=O) groups is 1. The number of rotatable bonds is 4. The first-order chi connectivity index (χ1) is 10.6. The number of anilines is 1. The number of nitro groups is 1. The number of amides is 1. The molecule has 0 saturated carbocycles. The summed E-state index contributed by atoms with van der Waals surface area (Å²) in [5.41, 5.74) is 1.89. The summed E-state index contributed by atoms with van der Waals surface area (Å²) in [6.07, 6.45) is 1.37. The quantitative estimate of drug-likeness (QED) is 0.566. The van der Waals surface area contributed by atoms with Crippen molar-refractivity contribution in [3.63, 3.8) is 0 Å². The molecule has 2 heterocycles. The van der Waals surface area contributed by atoms with Gasteiger partial charge in [-0.3, -0.25) is 20.2 Å². The van der Waals surface area contributed by atoms with Crippen molar-refractivity contribution >= 4 is 28.1 Å². The van der Waals surface area contributed by atoms with Crippen LogP contribution < -0.4 is 5.32 Å². The third-order valence-electron chi connectivity index (χ3n) is 2.61. The van der Waals surface area contributed by atoms with Gasteiger partial charge in [0.15, 0.2) is 5.69 Å². The molecule has 10 nitrogen and oxygen atoms in total. The topological polar surface area (TPSA) is 129 Å². The summed E-state index contributed by atoms with van der Waals surface area (Å²) in [7, 11) is 0. The van der Waals surface area contributed by atoms with Crippen LogP contribution in [0.5, 0.6) is 0 Å². The fourth-order valence-corrected chi connectivity index (χ4v) is 2.07. The maximum Gasteiger partial charge on any atom is 0.279 e.